The largest absolute Gasteiger partial charge is 0.385 e. The van der Waals surface area contributed by atoms with Crippen molar-refractivity contribution in [2.24, 2.45) is 0 Å². The molecule has 0 amide bonds. The molecule has 0 radical (unpaired) electrons. The molecule has 2 aliphatic heterocycles. The lowest BCUT2D eigenvalue weighted by Gasteiger charge is -2.45. The van der Waals surface area contributed by atoms with Gasteiger partial charge in [0.25, 0.3) is 0 Å². The normalized spacial score (nSPS) is 30.5. The highest BCUT2D eigenvalue weighted by molar-refractivity contribution is 4.92. The monoisotopic (exact) mass is 269 g/mol. The molecule has 19 heavy (non-hydrogen) atoms. The molecular formula is C15H31N3O. The molecular weight excluding hydrogens is 238 g/mol. The second-order valence-electron chi connectivity index (χ2n) is 6.24. The number of fused-ring (bicyclic) bond motifs is 1. The van der Waals surface area contributed by atoms with Crippen LogP contribution in [0.2, 0.25) is 0 Å². The highest BCUT2D eigenvalue weighted by Gasteiger charge is 2.35. The second kappa shape index (κ2) is 7.58. The predicted molar refractivity (Wildman–Crippen MR) is 79.6 cm³/mol. The molecule has 4 nitrogen and oxygen atoms in total. The van der Waals surface area contributed by atoms with Gasteiger partial charge in [-0.15, -0.1) is 0 Å². The number of piperazine rings is 1. The van der Waals surface area contributed by atoms with E-state index in [2.05, 4.69) is 29.0 Å². The minimum atomic E-state index is 0.639. The average molecular weight is 269 g/mol. The fraction of sp³-hybridized carbons (Fsp3) is 1.00. The number of rotatable bonds is 7. The smallest absolute Gasteiger partial charge is 0.0474 e. The molecule has 0 aromatic carbocycles. The van der Waals surface area contributed by atoms with Crippen molar-refractivity contribution in [2.75, 3.05) is 46.4 Å². The fourth-order valence-electron chi connectivity index (χ4n) is 3.59. The first-order valence-electron chi connectivity index (χ1n) is 7.92. The molecule has 4 heteroatoms. The maximum Gasteiger partial charge on any atom is 0.0474 e. The molecule has 2 heterocycles. The molecule has 1 N–H and O–H groups in total. The van der Waals surface area contributed by atoms with Gasteiger partial charge in [0.15, 0.2) is 0 Å². The molecule has 0 aromatic rings. The summed E-state index contributed by atoms with van der Waals surface area (Å²) in [6, 6.07) is 2.16. The Morgan fingerprint density at radius 3 is 3.00 bits per heavy atom. The lowest BCUT2D eigenvalue weighted by Crippen LogP contribution is -2.59. The standard InChI is InChI=1S/C15H31N3O/c1-13(10-16-7-5-9-19-3)18-12-15-6-4-8-17(15)11-14(18)2/h13-16H,4-12H2,1-3H3. The highest BCUT2D eigenvalue weighted by Crippen LogP contribution is 2.25. The van der Waals surface area contributed by atoms with Crippen molar-refractivity contribution in [1.29, 1.82) is 0 Å². The molecule has 3 atom stereocenters. The number of ether oxygens (including phenoxy) is 1. The molecule has 2 rings (SSSR count). The molecule has 0 spiro atoms. The molecule has 3 unspecified atom stereocenters. The number of nitrogens with zero attached hydrogens (tertiary/aromatic N) is 2. The molecule has 0 saturated carbocycles. The van der Waals surface area contributed by atoms with Crippen LogP contribution in [0.1, 0.15) is 33.1 Å². The summed E-state index contributed by atoms with van der Waals surface area (Å²) in [5, 5.41) is 3.56. The maximum absolute atomic E-state index is 5.07. The van der Waals surface area contributed by atoms with Crippen LogP contribution >= 0.6 is 0 Å². The third-order valence-corrected chi connectivity index (χ3v) is 4.69. The van der Waals surface area contributed by atoms with E-state index in [0.717, 1.165) is 32.2 Å². The van der Waals surface area contributed by atoms with Gasteiger partial charge in [0.05, 0.1) is 0 Å². The van der Waals surface area contributed by atoms with E-state index in [-0.39, 0.29) is 0 Å². The number of methoxy groups -OCH3 is 1. The van der Waals surface area contributed by atoms with E-state index in [1.54, 1.807) is 7.11 Å². The first-order valence-corrected chi connectivity index (χ1v) is 7.92. The van der Waals surface area contributed by atoms with Gasteiger partial charge in [0.2, 0.25) is 0 Å². The Morgan fingerprint density at radius 1 is 1.37 bits per heavy atom. The molecule has 0 aromatic heterocycles. The first-order chi connectivity index (χ1) is 9.22. The topological polar surface area (TPSA) is 27.7 Å². The van der Waals surface area contributed by atoms with E-state index < -0.39 is 0 Å². The van der Waals surface area contributed by atoms with Gasteiger partial charge in [-0.1, -0.05) is 0 Å². The zero-order valence-electron chi connectivity index (χ0n) is 12.9. The number of nitrogens with one attached hydrogen (secondary N) is 1. The Morgan fingerprint density at radius 2 is 2.21 bits per heavy atom. The predicted octanol–water partition coefficient (Wildman–Crippen LogP) is 1.17. The van der Waals surface area contributed by atoms with E-state index in [0.29, 0.717) is 12.1 Å². The van der Waals surface area contributed by atoms with E-state index in [4.69, 9.17) is 4.74 Å². The Labute approximate surface area is 118 Å². The highest BCUT2D eigenvalue weighted by atomic mass is 16.5. The molecule has 2 saturated heterocycles. The summed E-state index contributed by atoms with van der Waals surface area (Å²) in [4.78, 5) is 5.40. The van der Waals surface area contributed by atoms with Gasteiger partial charge >= 0.3 is 0 Å². The van der Waals surface area contributed by atoms with Crippen molar-refractivity contribution < 1.29 is 4.74 Å². The summed E-state index contributed by atoms with van der Waals surface area (Å²) in [5.74, 6) is 0. The SMILES string of the molecule is COCCCNCC(C)N1CC2CCCN2CC1C. The summed E-state index contributed by atoms with van der Waals surface area (Å²) >= 11 is 0. The summed E-state index contributed by atoms with van der Waals surface area (Å²) in [6.07, 6.45) is 3.90. The number of hydrogen-bond acceptors (Lipinski definition) is 4. The lowest BCUT2D eigenvalue weighted by molar-refractivity contribution is 0.0331. The minimum Gasteiger partial charge on any atom is -0.385 e. The Hall–Kier alpha value is -0.160. The number of hydrogen-bond donors (Lipinski definition) is 1. The van der Waals surface area contributed by atoms with Crippen molar-refractivity contribution in [2.45, 2.75) is 51.2 Å². The van der Waals surface area contributed by atoms with Crippen LogP contribution in [-0.2, 0) is 4.74 Å². The van der Waals surface area contributed by atoms with Crippen LogP contribution in [0.5, 0.6) is 0 Å². The van der Waals surface area contributed by atoms with Crippen molar-refractivity contribution in [1.82, 2.24) is 15.1 Å². The second-order valence-corrected chi connectivity index (χ2v) is 6.24. The van der Waals surface area contributed by atoms with E-state index >= 15 is 0 Å². The summed E-state index contributed by atoms with van der Waals surface area (Å²) < 4.78 is 5.07. The van der Waals surface area contributed by atoms with E-state index in [1.165, 1.54) is 32.5 Å². The lowest BCUT2D eigenvalue weighted by atomic mass is 10.1. The molecule has 0 bridgehead atoms. The van der Waals surface area contributed by atoms with Crippen LogP contribution in [-0.4, -0.2) is 74.4 Å². The van der Waals surface area contributed by atoms with Gasteiger partial charge < -0.3 is 10.1 Å². The van der Waals surface area contributed by atoms with Gasteiger partial charge in [0, 0.05) is 51.5 Å². The summed E-state index contributed by atoms with van der Waals surface area (Å²) in [6.45, 7) is 11.6. The Bertz CT molecular complexity index is 262. The molecule has 2 fully saturated rings. The molecule has 0 aliphatic carbocycles. The third kappa shape index (κ3) is 4.15. The Balaban J connectivity index is 1.70. The van der Waals surface area contributed by atoms with E-state index in [9.17, 15) is 0 Å². The van der Waals surface area contributed by atoms with Crippen molar-refractivity contribution in [3.05, 3.63) is 0 Å². The van der Waals surface area contributed by atoms with Crippen LogP contribution in [0, 0.1) is 0 Å². The van der Waals surface area contributed by atoms with Gasteiger partial charge in [-0.25, -0.2) is 0 Å². The van der Waals surface area contributed by atoms with Crippen molar-refractivity contribution in [3.63, 3.8) is 0 Å². The van der Waals surface area contributed by atoms with Gasteiger partial charge in [-0.2, -0.15) is 0 Å². The average Bonchev–Trinajstić information content (AvgIpc) is 2.84. The van der Waals surface area contributed by atoms with Crippen molar-refractivity contribution >= 4 is 0 Å². The zero-order valence-corrected chi connectivity index (χ0v) is 12.9. The van der Waals surface area contributed by atoms with Gasteiger partial charge in [0.1, 0.15) is 0 Å². The van der Waals surface area contributed by atoms with Crippen molar-refractivity contribution in [3.8, 4) is 0 Å². The van der Waals surface area contributed by atoms with Crippen LogP contribution < -0.4 is 5.32 Å². The van der Waals surface area contributed by atoms with Crippen LogP contribution in [0.25, 0.3) is 0 Å². The van der Waals surface area contributed by atoms with Gasteiger partial charge in [-0.05, 0) is 46.2 Å². The Kier molecular flexibility index (Phi) is 6.07. The van der Waals surface area contributed by atoms with E-state index in [1.807, 2.05) is 0 Å². The third-order valence-electron chi connectivity index (χ3n) is 4.69. The van der Waals surface area contributed by atoms with Crippen LogP contribution in [0.4, 0.5) is 0 Å². The van der Waals surface area contributed by atoms with Crippen LogP contribution in [0.15, 0.2) is 0 Å². The maximum atomic E-state index is 5.07. The summed E-state index contributed by atoms with van der Waals surface area (Å²) in [5.41, 5.74) is 0. The molecule has 2 aliphatic rings. The quantitative estimate of drug-likeness (QED) is 0.702. The first kappa shape index (κ1) is 15.2. The fourth-order valence-corrected chi connectivity index (χ4v) is 3.59. The molecule has 112 valence electrons. The zero-order chi connectivity index (χ0) is 13.7. The summed E-state index contributed by atoms with van der Waals surface area (Å²) in [7, 11) is 1.77. The van der Waals surface area contributed by atoms with Gasteiger partial charge in [-0.3, -0.25) is 9.80 Å². The van der Waals surface area contributed by atoms with Crippen LogP contribution in [0.3, 0.4) is 0 Å². The minimum absolute atomic E-state index is 0.639.